The van der Waals surface area contributed by atoms with Gasteiger partial charge in [-0.15, -0.1) is 0 Å². The highest BCUT2D eigenvalue weighted by molar-refractivity contribution is 6.36. The van der Waals surface area contributed by atoms with E-state index < -0.39 is 17.7 Å². The summed E-state index contributed by atoms with van der Waals surface area (Å²) in [6.07, 6.45) is -0.0330. The van der Waals surface area contributed by atoms with Gasteiger partial charge >= 0.3 is 0 Å². The monoisotopic (exact) mass is 471 g/mol. The fourth-order valence-electron chi connectivity index (χ4n) is 2.30. The number of hydrogen-bond donors (Lipinski definition) is 3. The lowest BCUT2D eigenvalue weighted by atomic mass is 10.2. The number of rotatable bonds is 8. The number of carbonyl (C=O) groups excluding carboxylic acids is 3. The van der Waals surface area contributed by atoms with E-state index in [0.29, 0.717) is 21.5 Å². The third-order valence-corrected chi connectivity index (χ3v) is 4.45. The maximum Gasteiger partial charge on any atom is 0.253 e. The molecule has 0 aliphatic heterocycles. The maximum absolute atomic E-state index is 12.1. The molecule has 0 spiro atoms. The van der Waals surface area contributed by atoms with Gasteiger partial charge in [0.05, 0.1) is 34.8 Å². The Morgan fingerprint density at radius 1 is 0.900 bits per heavy atom. The second kappa shape index (κ2) is 11.1. The minimum atomic E-state index is -0.540. The van der Waals surface area contributed by atoms with Gasteiger partial charge in [-0.3, -0.25) is 14.4 Å². The maximum atomic E-state index is 12.1. The summed E-state index contributed by atoms with van der Waals surface area (Å²) in [5.74, 6) is -1.02. The van der Waals surface area contributed by atoms with Crippen LogP contribution in [0, 0.1) is 0 Å². The number of anilines is 1. The molecule has 0 fully saturated rings. The van der Waals surface area contributed by atoms with Crippen LogP contribution >= 0.6 is 34.8 Å². The van der Waals surface area contributed by atoms with E-state index in [1.165, 1.54) is 18.2 Å². The molecule has 0 heterocycles. The zero-order valence-corrected chi connectivity index (χ0v) is 18.5. The van der Waals surface area contributed by atoms with Crippen molar-refractivity contribution in [3.63, 3.8) is 0 Å². The zero-order valence-electron chi connectivity index (χ0n) is 16.2. The molecule has 0 unspecified atom stereocenters. The van der Waals surface area contributed by atoms with Gasteiger partial charge in [0, 0.05) is 10.7 Å². The normalized spacial score (nSPS) is 10.5. The summed E-state index contributed by atoms with van der Waals surface area (Å²) in [5.41, 5.74) is 0.648. The summed E-state index contributed by atoms with van der Waals surface area (Å²) >= 11 is 17.9. The van der Waals surface area contributed by atoms with Gasteiger partial charge in [0.2, 0.25) is 11.8 Å². The van der Waals surface area contributed by atoms with E-state index in [2.05, 4.69) is 16.0 Å². The second-order valence-electron chi connectivity index (χ2n) is 6.44. The van der Waals surface area contributed by atoms with Crippen LogP contribution in [0.25, 0.3) is 0 Å². The quantitative estimate of drug-likeness (QED) is 0.542. The van der Waals surface area contributed by atoms with Crippen molar-refractivity contribution in [1.29, 1.82) is 0 Å². The topological polar surface area (TPSA) is 96.5 Å². The largest absolute Gasteiger partial charge is 0.489 e. The SMILES string of the molecule is CC(C)Oc1ccc(NC(=O)CNC(=O)CNC(=O)c2ccc(Cl)cc2Cl)cc1Cl. The van der Waals surface area contributed by atoms with Crippen LogP contribution in [0.2, 0.25) is 15.1 Å². The Morgan fingerprint density at radius 2 is 1.60 bits per heavy atom. The molecule has 0 aliphatic carbocycles. The highest BCUT2D eigenvalue weighted by Crippen LogP contribution is 2.28. The lowest BCUT2D eigenvalue weighted by molar-refractivity contribution is -0.123. The molecule has 2 aromatic rings. The van der Waals surface area contributed by atoms with Crippen molar-refractivity contribution < 1.29 is 19.1 Å². The average Bonchev–Trinajstić information content (AvgIpc) is 2.66. The predicted octanol–water partition coefficient (Wildman–Crippen LogP) is 3.92. The third-order valence-electron chi connectivity index (χ3n) is 3.61. The van der Waals surface area contributed by atoms with Crippen LogP contribution in [-0.4, -0.2) is 36.9 Å². The van der Waals surface area contributed by atoms with Gasteiger partial charge in [-0.2, -0.15) is 0 Å². The van der Waals surface area contributed by atoms with Crippen molar-refractivity contribution in [2.24, 2.45) is 0 Å². The fraction of sp³-hybridized carbons (Fsp3) is 0.250. The van der Waals surface area contributed by atoms with Crippen LogP contribution in [-0.2, 0) is 9.59 Å². The van der Waals surface area contributed by atoms with E-state index in [0.717, 1.165) is 0 Å². The molecule has 0 bridgehead atoms. The molecule has 0 radical (unpaired) electrons. The van der Waals surface area contributed by atoms with Crippen molar-refractivity contribution >= 4 is 58.2 Å². The van der Waals surface area contributed by atoms with Crippen LogP contribution < -0.4 is 20.7 Å². The number of benzene rings is 2. The van der Waals surface area contributed by atoms with Crippen LogP contribution in [0.1, 0.15) is 24.2 Å². The highest BCUT2D eigenvalue weighted by Gasteiger charge is 2.13. The molecule has 10 heteroatoms. The Bertz CT molecular complexity index is 951. The van der Waals surface area contributed by atoms with E-state index >= 15 is 0 Å². The molecule has 7 nitrogen and oxygen atoms in total. The Morgan fingerprint density at radius 3 is 2.23 bits per heavy atom. The molecule has 2 rings (SSSR count). The Balaban J connectivity index is 1.78. The van der Waals surface area contributed by atoms with E-state index in [9.17, 15) is 14.4 Å². The van der Waals surface area contributed by atoms with Gasteiger partial charge < -0.3 is 20.7 Å². The number of nitrogens with one attached hydrogen (secondary N) is 3. The van der Waals surface area contributed by atoms with Gasteiger partial charge in [-0.25, -0.2) is 0 Å². The summed E-state index contributed by atoms with van der Waals surface area (Å²) < 4.78 is 5.52. The molecule has 2 aromatic carbocycles. The molecule has 30 heavy (non-hydrogen) atoms. The van der Waals surface area contributed by atoms with Gasteiger partial charge in [-0.05, 0) is 50.2 Å². The predicted molar refractivity (Wildman–Crippen MR) is 118 cm³/mol. The number of carbonyl (C=O) groups is 3. The first kappa shape index (κ1) is 23.8. The summed E-state index contributed by atoms with van der Waals surface area (Å²) in [6, 6.07) is 9.23. The Kier molecular flexibility index (Phi) is 8.77. The minimum absolute atomic E-state index is 0.0330. The van der Waals surface area contributed by atoms with Crippen molar-refractivity contribution in [3.05, 3.63) is 57.0 Å². The molecule has 3 N–H and O–H groups in total. The Hall–Kier alpha value is -2.48. The van der Waals surface area contributed by atoms with E-state index in [1.807, 2.05) is 13.8 Å². The third kappa shape index (κ3) is 7.40. The van der Waals surface area contributed by atoms with E-state index in [-0.39, 0.29) is 29.8 Å². The molecule has 0 aromatic heterocycles. The average molecular weight is 473 g/mol. The van der Waals surface area contributed by atoms with Crippen molar-refractivity contribution in [3.8, 4) is 5.75 Å². The fourth-order valence-corrected chi connectivity index (χ4v) is 3.02. The number of halogens is 3. The second-order valence-corrected chi connectivity index (χ2v) is 7.69. The van der Waals surface area contributed by atoms with Crippen molar-refractivity contribution in [1.82, 2.24) is 10.6 Å². The number of ether oxygens (including phenoxy) is 1. The lowest BCUT2D eigenvalue weighted by Gasteiger charge is -2.13. The zero-order chi connectivity index (χ0) is 22.3. The van der Waals surface area contributed by atoms with E-state index in [1.54, 1.807) is 18.2 Å². The van der Waals surface area contributed by atoms with Crippen LogP contribution in [0.3, 0.4) is 0 Å². The molecular weight excluding hydrogens is 453 g/mol. The molecule has 160 valence electrons. The van der Waals surface area contributed by atoms with Crippen molar-refractivity contribution in [2.75, 3.05) is 18.4 Å². The molecular formula is C20H20Cl3N3O4. The minimum Gasteiger partial charge on any atom is -0.489 e. The molecule has 3 amide bonds. The van der Waals surface area contributed by atoms with Gasteiger partial charge in [0.15, 0.2) is 0 Å². The summed E-state index contributed by atoms with van der Waals surface area (Å²) in [4.78, 5) is 36.0. The van der Waals surface area contributed by atoms with Crippen LogP contribution in [0.4, 0.5) is 5.69 Å². The standard InChI is InChI=1S/C20H20Cl3N3O4/c1-11(2)30-17-6-4-13(8-16(17)23)26-19(28)10-24-18(27)9-25-20(29)14-5-3-12(21)7-15(14)22/h3-8,11H,9-10H2,1-2H3,(H,24,27)(H,25,29)(H,26,28). The van der Waals surface area contributed by atoms with E-state index in [4.69, 9.17) is 39.5 Å². The molecule has 0 atom stereocenters. The first-order chi connectivity index (χ1) is 14.2. The smallest absolute Gasteiger partial charge is 0.253 e. The number of amides is 3. The number of hydrogen-bond acceptors (Lipinski definition) is 4. The van der Waals surface area contributed by atoms with Crippen LogP contribution in [0.15, 0.2) is 36.4 Å². The van der Waals surface area contributed by atoms with Crippen molar-refractivity contribution in [2.45, 2.75) is 20.0 Å². The van der Waals surface area contributed by atoms with Gasteiger partial charge in [-0.1, -0.05) is 34.8 Å². The molecule has 0 saturated carbocycles. The lowest BCUT2D eigenvalue weighted by Crippen LogP contribution is -2.40. The first-order valence-corrected chi connectivity index (χ1v) is 10.0. The summed E-state index contributed by atoms with van der Waals surface area (Å²) in [5, 5.41) is 8.36. The molecule has 0 aliphatic rings. The highest BCUT2D eigenvalue weighted by atomic mass is 35.5. The van der Waals surface area contributed by atoms with Crippen LogP contribution in [0.5, 0.6) is 5.75 Å². The van der Waals surface area contributed by atoms with Gasteiger partial charge in [0.25, 0.3) is 5.91 Å². The molecule has 0 saturated heterocycles. The summed E-state index contributed by atoms with van der Waals surface area (Å²) in [6.45, 7) is 3.15. The van der Waals surface area contributed by atoms with Gasteiger partial charge in [0.1, 0.15) is 5.75 Å². The first-order valence-electron chi connectivity index (χ1n) is 8.91. The summed E-state index contributed by atoms with van der Waals surface area (Å²) in [7, 11) is 0. The Labute approximate surface area is 189 Å².